The van der Waals surface area contributed by atoms with Gasteiger partial charge in [0.15, 0.2) is 11.5 Å². The SMILES string of the molecule is CN(C)CCSc1nsnc1C(=Nc1ccc(F)c(Br)c1)NO. The maximum absolute atomic E-state index is 13.3. The minimum atomic E-state index is -0.377. The van der Waals surface area contributed by atoms with Crippen molar-refractivity contribution in [3.8, 4) is 0 Å². The standard InChI is InChI=1S/C13H15BrFN5OS2/c1-20(2)5-6-22-13-11(18-23-19-13)12(17-21)16-8-3-4-10(15)9(14)7-8/h3-4,7,21H,5-6H2,1-2H3,(H,16,17). The van der Waals surface area contributed by atoms with Crippen LogP contribution in [-0.2, 0) is 0 Å². The fraction of sp³-hybridized carbons (Fsp3) is 0.308. The van der Waals surface area contributed by atoms with Gasteiger partial charge in [0.05, 0.1) is 21.9 Å². The Hall–Kier alpha value is -1.07. The van der Waals surface area contributed by atoms with E-state index in [1.165, 1.54) is 30.0 Å². The first kappa shape index (κ1) is 18.3. The molecule has 0 aliphatic carbocycles. The predicted molar refractivity (Wildman–Crippen MR) is 94.4 cm³/mol. The quantitative estimate of drug-likeness (QED) is 0.324. The van der Waals surface area contributed by atoms with Gasteiger partial charge in [0, 0.05) is 12.3 Å². The highest BCUT2D eigenvalue weighted by atomic mass is 79.9. The van der Waals surface area contributed by atoms with E-state index in [4.69, 9.17) is 0 Å². The largest absolute Gasteiger partial charge is 0.309 e. The fourth-order valence-electron chi connectivity index (χ4n) is 1.56. The van der Waals surface area contributed by atoms with Gasteiger partial charge in [0.2, 0.25) is 0 Å². The number of benzene rings is 1. The molecule has 0 spiro atoms. The third-order valence-corrected chi connectivity index (χ3v) is 4.91. The van der Waals surface area contributed by atoms with Gasteiger partial charge >= 0.3 is 0 Å². The van der Waals surface area contributed by atoms with Crippen LogP contribution < -0.4 is 5.48 Å². The second-order valence-electron chi connectivity index (χ2n) is 4.74. The number of thioether (sulfide) groups is 1. The van der Waals surface area contributed by atoms with E-state index in [9.17, 15) is 9.60 Å². The Morgan fingerprint density at radius 1 is 1.48 bits per heavy atom. The average Bonchev–Trinajstić information content (AvgIpc) is 2.96. The summed E-state index contributed by atoms with van der Waals surface area (Å²) in [6.07, 6.45) is 0. The number of hydrogen-bond acceptors (Lipinski definition) is 7. The van der Waals surface area contributed by atoms with Crippen molar-refractivity contribution >= 4 is 50.9 Å². The Kier molecular flexibility index (Phi) is 6.90. The number of aromatic nitrogens is 2. The maximum Gasteiger partial charge on any atom is 0.180 e. The molecule has 23 heavy (non-hydrogen) atoms. The molecule has 0 amide bonds. The van der Waals surface area contributed by atoms with Crippen molar-refractivity contribution in [1.29, 1.82) is 0 Å². The monoisotopic (exact) mass is 419 g/mol. The minimum Gasteiger partial charge on any atom is -0.309 e. The summed E-state index contributed by atoms with van der Waals surface area (Å²) in [4.78, 5) is 6.34. The normalized spacial score (nSPS) is 12.0. The van der Waals surface area contributed by atoms with Crippen LogP contribution in [0.15, 0.2) is 32.7 Å². The highest BCUT2D eigenvalue weighted by Crippen LogP contribution is 2.25. The summed E-state index contributed by atoms with van der Waals surface area (Å²) in [5.41, 5.74) is 3.00. The first-order valence-electron chi connectivity index (χ1n) is 6.55. The Morgan fingerprint density at radius 2 is 2.26 bits per heavy atom. The molecule has 0 atom stereocenters. The van der Waals surface area contributed by atoms with Crippen molar-refractivity contribution in [3.05, 3.63) is 34.2 Å². The Bertz CT molecular complexity index is 695. The lowest BCUT2D eigenvalue weighted by Crippen LogP contribution is -2.21. The van der Waals surface area contributed by atoms with Crippen molar-refractivity contribution in [2.24, 2.45) is 4.99 Å². The molecule has 0 aliphatic heterocycles. The molecule has 10 heteroatoms. The molecule has 2 aromatic rings. The van der Waals surface area contributed by atoms with Crippen LogP contribution in [-0.4, -0.2) is 51.1 Å². The summed E-state index contributed by atoms with van der Waals surface area (Å²) in [6, 6.07) is 4.32. The third-order valence-electron chi connectivity index (χ3n) is 2.71. The van der Waals surface area contributed by atoms with Gasteiger partial charge in [-0.15, -0.1) is 11.8 Å². The van der Waals surface area contributed by atoms with Crippen LogP contribution in [0, 0.1) is 5.82 Å². The average molecular weight is 420 g/mol. The molecule has 1 heterocycles. The van der Waals surface area contributed by atoms with Gasteiger partial charge in [-0.1, -0.05) is 0 Å². The lowest BCUT2D eigenvalue weighted by atomic mass is 10.3. The number of aliphatic imine (C=N–C) groups is 1. The van der Waals surface area contributed by atoms with E-state index >= 15 is 0 Å². The van der Waals surface area contributed by atoms with E-state index in [1.54, 1.807) is 0 Å². The van der Waals surface area contributed by atoms with E-state index in [-0.39, 0.29) is 11.7 Å². The Labute approximate surface area is 150 Å². The molecular weight excluding hydrogens is 405 g/mol. The summed E-state index contributed by atoms with van der Waals surface area (Å²) >= 11 is 5.69. The lowest BCUT2D eigenvalue weighted by Gasteiger charge is -2.08. The molecule has 0 saturated carbocycles. The van der Waals surface area contributed by atoms with Crippen LogP contribution in [0.3, 0.4) is 0 Å². The topological polar surface area (TPSA) is 73.6 Å². The van der Waals surface area contributed by atoms with Crippen molar-refractivity contribution in [3.63, 3.8) is 0 Å². The molecule has 0 unspecified atom stereocenters. The second-order valence-corrected chi connectivity index (χ2v) is 7.21. The number of nitrogens with zero attached hydrogens (tertiary/aromatic N) is 4. The number of hydroxylamine groups is 1. The zero-order valence-electron chi connectivity index (χ0n) is 12.5. The van der Waals surface area contributed by atoms with Gasteiger partial charge in [-0.3, -0.25) is 10.7 Å². The third kappa shape index (κ3) is 5.21. The number of halogens is 2. The first-order valence-corrected chi connectivity index (χ1v) is 9.06. The zero-order valence-corrected chi connectivity index (χ0v) is 15.7. The summed E-state index contributed by atoms with van der Waals surface area (Å²) in [5, 5.41) is 10.1. The van der Waals surface area contributed by atoms with Gasteiger partial charge in [-0.05, 0) is 48.2 Å². The van der Waals surface area contributed by atoms with Crippen LogP contribution in [0.1, 0.15) is 5.69 Å². The number of hydrogen-bond donors (Lipinski definition) is 2. The zero-order chi connectivity index (χ0) is 16.8. The van der Waals surface area contributed by atoms with Crippen molar-refractivity contribution in [1.82, 2.24) is 19.1 Å². The van der Waals surface area contributed by atoms with E-state index in [0.717, 1.165) is 24.0 Å². The molecule has 0 aliphatic rings. The molecule has 124 valence electrons. The highest BCUT2D eigenvalue weighted by molar-refractivity contribution is 9.10. The van der Waals surface area contributed by atoms with E-state index in [0.29, 0.717) is 20.9 Å². The van der Waals surface area contributed by atoms with E-state index in [1.807, 2.05) is 19.6 Å². The van der Waals surface area contributed by atoms with Crippen LogP contribution in [0.2, 0.25) is 0 Å². The predicted octanol–water partition coefficient (Wildman–Crippen LogP) is 3.15. The summed E-state index contributed by atoms with van der Waals surface area (Å²) < 4.78 is 22.0. The van der Waals surface area contributed by atoms with Crippen molar-refractivity contribution in [2.45, 2.75) is 5.03 Å². The van der Waals surface area contributed by atoms with E-state index in [2.05, 4.69) is 34.6 Å². The minimum absolute atomic E-state index is 0.171. The first-order chi connectivity index (χ1) is 11.0. The van der Waals surface area contributed by atoms with Gasteiger partial charge in [0.1, 0.15) is 10.8 Å². The Morgan fingerprint density at radius 3 is 2.91 bits per heavy atom. The number of rotatable bonds is 6. The lowest BCUT2D eigenvalue weighted by molar-refractivity contribution is 0.234. The molecule has 1 aromatic carbocycles. The van der Waals surface area contributed by atoms with Crippen molar-refractivity contribution < 1.29 is 9.60 Å². The molecule has 0 radical (unpaired) electrons. The maximum atomic E-state index is 13.3. The Balaban J connectivity index is 2.22. The molecule has 6 nitrogen and oxygen atoms in total. The summed E-state index contributed by atoms with van der Waals surface area (Å²) in [5.74, 6) is 0.633. The fourth-order valence-corrected chi connectivity index (χ4v) is 3.68. The van der Waals surface area contributed by atoms with Gasteiger partial charge in [-0.25, -0.2) is 9.38 Å². The molecular formula is C13H15BrFN5OS2. The van der Waals surface area contributed by atoms with Crippen LogP contribution >= 0.6 is 39.4 Å². The van der Waals surface area contributed by atoms with E-state index < -0.39 is 0 Å². The highest BCUT2D eigenvalue weighted by Gasteiger charge is 2.15. The molecule has 2 rings (SSSR count). The molecule has 1 aromatic heterocycles. The van der Waals surface area contributed by atoms with Crippen molar-refractivity contribution in [2.75, 3.05) is 26.4 Å². The van der Waals surface area contributed by atoms with Gasteiger partial charge < -0.3 is 4.90 Å². The molecule has 0 saturated heterocycles. The van der Waals surface area contributed by atoms with Crippen LogP contribution in [0.4, 0.5) is 10.1 Å². The van der Waals surface area contributed by atoms with Gasteiger partial charge in [0.25, 0.3) is 0 Å². The second kappa shape index (κ2) is 8.69. The van der Waals surface area contributed by atoms with Crippen LogP contribution in [0.25, 0.3) is 0 Å². The summed E-state index contributed by atoms with van der Waals surface area (Å²) in [7, 11) is 3.99. The molecule has 0 bridgehead atoms. The number of nitrogens with one attached hydrogen (secondary N) is 1. The van der Waals surface area contributed by atoms with Crippen LogP contribution in [0.5, 0.6) is 0 Å². The molecule has 0 fully saturated rings. The summed E-state index contributed by atoms with van der Waals surface area (Å²) in [6.45, 7) is 0.894. The smallest absolute Gasteiger partial charge is 0.180 e. The van der Waals surface area contributed by atoms with Gasteiger partial charge in [-0.2, -0.15) is 8.75 Å². The molecule has 2 N–H and O–H groups in total. The number of amidine groups is 1.